The summed E-state index contributed by atoms with van der Waals surface area (Å²) in [6, 6.07) is 0.308. The molecule has 0 fully saturated rings. The molecule has 14 heavy (non-hydrogen) atoms. The highest BCUT2D eigenvalue weighted by atomic mass is 15.1. The molecule has 1 aromatic heterocycles. The van der Waals surface area contributed by atoms with Gasteiger partial charge in [-0.3, -0.25) is 0 Å². The standard InChI is InChI=1S/C9H17N5/c1-7(5-14(2)3)13-9-8(10)4-11-6-12-9/h4,6-7H,5,10H2,1-3H3,(H,11,12,13). The summed E-state index contributed by atoms with van der Waals surface area (Å²) in [4.78, 5) is 9.99. The third kappa shape index (κ3) is 3.18. The third-order valence-electron chi connectivity index (χ3n) is 1.76. The first-order valence-electron chi connectivity index (χ1n) is 4.56. The second-order valence-electron chi connectivity index (χ2n) is 3.63. The van der Waals surface area contributed by atoms with Gasteiger partial charge in [-0.2, -0.15) is 0 Å². The van der Waals surface area contributed by atoms with Crippen molar-refractivity contribution in [1.29, 1.82) is 0 Å². The Kier molecular flexibility index (Phi) is 3.64. The number of nitrogens with one attached hydrogen (secondary N) is 1. The largest absolute Gasteiger partial charge is 0.394 e. The van der Waals surface area contributed by atoms with E-state index in [2.05, 4.69) is 27.1 Å². The van der Waals surface area contributed by atoms with Crippen LogP contribution in [0.1, 0.15) is 6.92 Å². The fraction of sp³-hybridized carbons (Fsp3) is 0.556. The number of rotatable bonds is 4. The minimum Gasteiger partial charge on any atom is -0.394 e. The Balaban J connectivity index is 2.56. The number of nitrogens with two attached hydrogens (primary N) is 1. The SMILES string of the molecule is CC(CN(C)C)Nc1ncncc1N. The lowest BCUT2D eigenvalue weighted by Crippen LogP contribution is -2.30. The van der Waals surface area contributed by atoms with Gasteiger partial charge in [0.1, 0.15) is 6.33 Å². The second-order valence-corrected chi connectivity index (χ2v) is 3.63. The molecule has 0 aromatic carbocycles. The molecule has 0 saturated carbocycles. The molecule has 1 unspecified atom stereocenters. The van der Waals surface area contributed by atoms with E-state index >= 15 is 0 Å². The molecule has 0 aliphatic carbocycles. The van der Waals surface area contributed by atoms with E-state index in [1.165, 1.54) is 6.33 Å². The van der Waals surface area contributed by atoms with Gasteiger partial charge in [0, 0.05) is 12.6 Å². The number of likely N-dealkylation sites (N-methyl/N-ethyl adjacent to an activating group) is 1. The maximum absolute atomic E-state index is 5.70. The number of anilines is 2. The molecule has 0 spiro atoms. The number of hydrogen-bond acceptors (Lipinski definition) is 5. The van der Waals surface area contributed by atoms with Crippen LogP contribution in [0.15, 0.2) is 12.5 Å². The van der Waals surface area contributed by atoms with Crippen LogP contribution in [0.5, 0.6) is 0 Å². The van der Waals surface area contributed by atoms with E-state index in [0.29, 0.717) is 17.5 Å². The van der Waals surface area contributed by atoms with Gasteiger partial charge in [-0.15, -0.1) is 0 Å². The summed E-state index contributed by atoms with van der Waals surface area (Å²) in [5.74, 6) is 0.703. The molecule has 0 amide bonds. The van der Waals surface area contributed by atoms with Crippen LogP contribution in [0.2, 0.25) is 0 Å². The van der Waals surface area contributed by atoms with Crippen molar-refractivity contribution in [3.05, 3.63) is 12.5 Å². The molecule has 1 aromatic rings. The summed E-state index contributed by atoms with van der Waals surface area (Å²) in [5.41, 5.74) is 6.28. The van der Waals surface area contributed by atoms with Gasteiger partial charge in [0.2, 0.25) is 0 Å². The normalized spacial score (nSPS) is 12.9. The number of hydrogen-bond donors (Lipinski definition) is 2. The molecule has 0 aliphatic rings. The van der Waals surface area contributed by atoms with Gasteiger partial charge in [0.25, 0.3) is 0 Å². The highest BCUT2D eigenvalue weighted by Crippen LogP contribution is 2.12. The van der Waals surface area contributed by atoms with Crippen LogP contribution in [-0.2, 0) is 0 Å². The molecule has 5 heteroatoms. The van der Waals surface area contributed by atoms with E-state index in [-0.39, 0.29) is 0 Å². The smallest absolute Gasteiger partial charge is 0.152 e. The van der Waals surface area contributed by atoms with Crippen molar-refractivity contribution in [2.45, 2.75) is 13.0 Å². The number of aromatic nitrogens is 2. The first-order chi connectivity index (χ1) is 6.59. The summed E-state index contributed by atoms with van der Waals surface area (Å²) in [6.07, 6.45) is 3.08. The van der Waals surface area contributed by atoms with E-state index in [0.717, 1.165) is 6.54 Å². The number of nitrogens with zero attached hydrogens (tertiary/aromatic N) is 3. The van der Waals surface area contributed by atoms with Crippen molar-refractivity contribution in [2.75, 3.05) is 31.7 Å². The van der Waals surface area contributed by atoms with E-state index < -0.39 is 0 Å². The van der Waals surface area contributed by atoms with E-state index in [1.54, 1.807) is 6.20 Å². The predicted molar refractivity (Wildman–Crippen MR) is 58.1 cm³/mol. The van der Waals surface area contributed by atoms with Gasteiger partial charge in [0.05, 0.1) is 11.9 Å². The molecule has 0 bridgehead atoms. The second kappa shape index (κ2) is 4.76. The average Bonchev–Trinajstić information content (AvgIpc) is 2.07. The number of nitrogen functional groups attached to an aromatic ring is 1. The van der Waals surface area contributed by atoms with Gasteiger partial charge in [-0.05, 0) is 21.0 Å². The van der Waals surface area contributed by atoms with Crippen LogP contribution in [0.3, 0.4) is 0 Å². The predicted octanol–water partition coefficient (Wildman–Crippen LogP) is 0.421. The van der Waals surface area contributed by atoms with E-state index in [9.17, 15) is 0 Å². The van der Waals surface area contributed by atoms with Crippen LogP contribution in [0.4, 0.5) is 11.5 Å². The Hall–Kier alpha value is -1.36. The first kappa shape index (κ1) is 10.7. The molecule has 1 heterocycles. The molecular weight excluding hydrogens is 178 g/mol. The highest BCUT2D eigenvalue weighted by Gasteiger charge is 2.06. The van der Waals surface area contributed by atoms with Crippen molar-refractivity contribution in [3.8, 4) is 0 Å². The fourth-order valence-electron chi connectivity index (χ4n) is 1.29. The minimum absolute atomic E-state index is 0.308. The molecule has 5 nitrogen and oxygen atoms in total. The van der Waals surface area contributed by atoms with Crippen LogP contribution in [0.25, 0.3) is 0 Å². The Labute approximate surface area is 84.3 Å². The fourth-order valence-corrected chi connectivity index (χ4v) is 1.29. The van der Waals surface area contributed by atoms with Crippen molar-refractivity contribution < 1.29 is 0 Å². The average molecular weight is 195 g/mol. The van der Waals surface area contributed by atoms with E-state index in [1.807, 2.05) is 14.1 Å². The molecule has 1 rings (SSSR count). The van der Waals surface area contributed by atoms with Crippen molar-refractivity contribution >= 4 is 11.5 Å². The van der Waals surface area contributed by atoms with Crippen molar-refractivity contribution in [3.63, 3.8) is 0 Å². The summed E-state index contributed by atoms with van der Waals surface area (Å²) in [7, 11) is 4.06. The van der Waals surface area contributed by atoms with Crippen LogP contribution >= 0.6 is 0 Å². The van der Waals surface area contributed by atoms with Gasteiger partial charge in [0.15, 0.2) is 5.82 Å². The lowest BCUT2D eigenvalue weighted by Gasteiger charge is -2.19. The topological polar surface area (TPSA) is 67.1 Å². The Morgan fingerprint density at radius 3 is 2.86 bits per heavy atom. The monoisotopic (exact) mass is 195 g/mol. The Bertz CT molecular complexity index is 286. The molecule has 78 valence electrons. The summed E-state index contributed by atoms with van der Waals surface area (Å²) in [5, 5.41) is 3.22. The summed E-state index contributed by atoms with van der Waals surface area (Å²) in [6.45, 7) is 3.02. The molecule has 3 N–H and O–H groups in total. The van der Waals surface area contributed by atoms with Crippen LogP contribution in [-0.4, -0.2) is 41.5 Å². The molecule has 1 atom stereocenters. The van der Waals surface area contributed by atoms with Gasteiger partial charge in [-0.25, -0.2) is 9.97 Å². The Morgan fingerprint density at radius 1 is 1.57 bits per heavy atom. The zero-order valence-electron chi connectivity index (χ0n) is 8.86. The lowest BCUT2D eigenvalue weighted by atomic mass is 10.3. The van der Waals surface area contributed by atoms with Crippen LogP contribution < -0.4 is 11.1 Å². The minimum atomic E-state index is 0.308. The molecule has 0 saturated heterocycles. The van der Waals surface area contributed by atoms with Crippen LogP contribution in [0, 0.1) is 0 Å². The van der Waals surface area contributed by atoms with Gasteiger partial charge in [-0.1, -0.05) is 0 Å². The summed E-state index contributed by atoms with van der Waals surface area (Å²) >= 11 is 0. The Morgan fingerprint density at radius 2 is 2.29 bits per heavy atom. The molecule has 0 aliphatic heterocycles. The third-order valence-corrected chi connectivity index (χ3v) is 1.76. The zero-order chi connectivity index (χ0) is 10.6. The quantitative estimate of drug-likeness (QED) is 0.729. The van der Waals surface area contributed by atoms with E-state index in [4.69, 9.17) is 5.73 Å². The molecular formula is C9H17N5. The van der Waals surface area contributed by atoms with Crippen molar-refractivity contribution in [1.82, 2.24) is 14.9 Å². The zero-order valence-corrected chi connectivity index (χ0v) is 8.86. The van der Waals surface area contributed by atoms with Gasteiger partial charge >= 0.3 is 0 Å². The van der Waals surface area contributed by atoms with Crippen molar-refractivity contribution in [2.24, 2.45) is 0 Å². The van der Waals surface area contributed by atoms with Gasteiger partial charge < -0.3 is 16.0 Å². The lowest BCUT2D eigenvalue weighted by molar-refractivity contribution is 0.392. The first-order valence-corrected chi connectivity index (χ1v) is 4.56. The molecule has 0 radical (unpaired) electrons. The maximum Gasteiger partial charge on any atom is 0.152 e. The summed E-state index contributed by atoms with van der Waals surface area (Å²) < 4.78 is 0. The highest BCUT2D eigenvalue weighted by molar-refractivity contribution is 5.59. The maximum atomic E-state index is 5.70.